The summed E-state index contributed by atoms with van der Waals surface area (Å²) >= 11 is 0. The van der Waals surface area contributed by atoms with E-state index in [1.165, 1.54) is 0 Å². The molecule has 1 heterocycles. The van der Waals surface area contributed by atoms with Gasteiger partial charge in [0.05, 0.1) is 12.5 Å². The van der Waals surface area contributed by atoms with Crippen molar-refractivity contribution >= 4 is 17.6 Å². The largest absolute Gasteiger partial charge is 0.480 e. The highest BCUT2D eigenvalue weighted by atomic mass is 16.5. The van der Waals surface area contributed by atoms with Crippen LogP contribution in [0.3, 0.4) is 0 Å². The summed E-state index contributed by atoms with van der Waals surface area (Å²) in [5.41, 5.74) is 2.71. The van der Waals surface area contributed by atoms with E-state index in [0.717, 1.165) is 36.3 Å². The maximum Gasteiger partial charge on any atom is 0.321 e. The molecule has 0 bridgehead atoms. The molecule has 6 nitrogen and oxygen atoms in total. The molecule has 0 spiro atoms. The van der Waals surface area contributed by atoms with Crippen molar-refractivity contribution in [3.05, 3.63) is 29.3 Å². The molecule has 3 N–H and O–H groups in total. The van der Waals surface area contributed by atoms with Crippen LogP contribution in [0, 0.1) is 13.8 Å². The lowest BCUT2D eigenvalue weighted by Crippen LogP contribution is -2.43. The van der Waals surface area contributed by atoms with E-state index in [1.807, 2.05) is 32.0 Å². The van der Waals surface area contributed by atoms with E-state index in [0.29, 0.717) is 6.54 Å². The highest BCUT2D eigenvalue weighted by Gasteiger charge is 2.24. The van der Waals surface area contributed by atoms with Gasteiger partial charge in [0.2, 0.25) is 5.91 Å². The Morgan fingerprint density at radius 1 is 1.39 bits per heavy atom. The van der Waals surface area contributed by atoms with Crippen LogP contribution in [0.1, 0.15) is 30.4 Å². The van der Waals surface area contributed by atoms with Crippen LogP contribution in [-0.4, -0.2) is 42.3 Å². The molecule has 0 radical (unpaired) electrons. The summed E-state index contributed by atoms with van der Waals surface area (Å²) in [6, 6.07) is 4.86. The van der Waals surface area contributed by atoms with Crippen molar-refractivity contribution in [2.45, 2.75) is 45.3 Å². The SMILES string of the molecule is Cc1ccc(C)c(NC(=O)C[C@@H](NC[C@@H]2CCCO2)C(=O)O)c1. The summed E-state index contributed by atoms with van der Waals surface area (Å²) in [5, 5.41) is 15.0. The molecule has 126 valence electrons. The Bertz CT molecular complexity index is 568. The second kappa shape index (κ2) is 8.08. The Labute approximate surface area is 136 Å². The molecule has 1 aliphatic heterocycles. The number of aryl methyl sites for hydroxylation is 2. The topological polar surface area (TPSA) is 87.7 Å². The van der Waals surface area contributed by atoms with Crippen molar-refractivity contribution in [1.82, 2.24) is 5.32 Å². The number of carboxylic acid groups (broad SMARTS) is 1. The third kappa shape index (κ3) is 5.33. The van der Waals surface area contributed by atoms with Gasteiger partial charge in [-0.15, -0.1) is 0 Å². The van der Waals surface area contributed by atoms with Crippen molar-refractivity contribution in [3.8, 4) is 0 Å². The number of rotatable bonds is 7. The first-order chi connectivity index (χ1) is 11.0. The van der Waals surface area contributed by atoms with Crippen LogP contribution in [0.5, 0.6) is 0 Å². The maximum atomic E-state index is 12.1. The summed E-state index contributed by atoms with van der Waals surface area (Å²) in [5.74, 6) is -1.34. The first-order valence-corrected chi connectivity index (χ1v) is 7.90. The predicted octanol–water partition coefficient (Wildman–Crippen LogP) is 1.85. The van der Waals surface area contributed by atoms with Gasteiger partial charge in [-0.2, -0.15) is 0 Å². The summed E-state index contributed by atoms with van der Waals surface area (Å²) in [6.07, 6.45) is 1.85. The number of hydrogen-bond acceptors (Lipinski definition) is 4. The van der Waals surface area contributed by atoms with Crippen LogP contribution < -0.4 is 10.6 Å². The van der Waals surface area contributed by atoms with Crippen LogP contribution in [-0.2, 0) is 14.3 Å². The van der Waals surface area contributed by atoms with Crippen LogP contribution in [0.15, 0.2) is 18.2 Å². The van der Waals surface area contributed by atoms with Gasteiger partial charge in [-0.3, -0.25) is 9.59 Å². The number of ether oxygens (including phenoxy) is 1. The van der Waals surface area contributed by atoms with E-state index in [9.17, 15) is 14.7 Å². The first-order valence-electron chi connectivity index (χ1n) is 7.90. The minimum atomic E-state index is -1.03. The van der Waals surface area contributed by atoms with Crippen molar-refractivity contribution in [3.63, 3.8) is 0 Å². The molecule has 0 aromatic heterocycles. The number of carboxylic acids is 1. The van der Waals surface area contributed by atoms with Crippen molar-refractivity contribution in [2.24, 2.45) is 0 Å². The van der Waals surface area contributed by atoms with E-state index >= 15 is 0 Å². The van der Waals surface area contributed by atoms with Gasteiger partial charge in [-0.05, 0) is 43.9 Å². The molecule has 2 rings (SSSR count). The number of carbonyl (C=O) groups is 2. The molecule has 6 heteroatoms. The van der Waals surface area contributed by atoms with Gasteiger partial charge in [0, 0.05) is 18.8 Å². The number of anilines is 1. The molecule has 1 fully saturated rings. The molecule has 1 aromatic rings. The number of benzene rings is 1. The maximum absolute atomic E-state index is 12.1. The van der Waals surface area contributed by atoms with Gasteiger partial charge in [0.1, 0.15) is 6.04 Å². The highest BCUT2D eigenvalue weighted by molar-refractivity contribution is 5.94. The summed E-state index contributed by atoms with van der Waals surface area (Å²) in [6.45, 7) is 5.02. The first kappa shape index (κ1) is 17.4. The normalized spacial score (nSPS) is 18.6. The Morgan fingerprint density at radius 2 is 2.17 bits per heavy atom. The lowest BCUT2D eigenvalue weighted by molar-refractivity contribution is -0.141. The molecule has 1 saturated heterocycles. The number of amides is 1. The van der Waals surface area contributed by atoms with E-state index in [4.69, 9.17) is 4.74 Å². The molecule has 0 unspecified atom stereocenters. The number of hydrogen-bond donors (Lipinski definition) is 3. The average Bonchev–Trinajstić information content (AvgIpc) is 3.00. The minimum Gasteiger partial charge on any atom is -0.480 e. The van der Waals surface area contributed by atoms with Gasteiger partial charge < -0.3 is 20.5 Å². The van der Waals surface area contributed by atoms with Crippen molar-refractivity contribution in [1.29, 1.82) is 0 Å². The van der Waals surface area contributed by atoms with Gasteiger partial charge in [0.25, 0.3) is 0 Å². The van der Waals surface area contributed by atoms with Crippen LogP contribution in [0.25, 0.3) is 0 Å². The fraction of sp³-hybridized carbons (Fsp3) is 0.529. The summed E-state index contributed by atoms with van der Waals surface area (Å²) in [7, 11) is 0. The fourth-order valence-electron chi connectivity index (χ4n) is 2.58. The van der Waals surface area contributed by atoms with E-state index in [1.54, 1.807) is 0 Å². The van der Waals surface area contributed by atoms with Gasteiger partial charge in [-0.1, -0.05) is 12.1 Å². The second-order valence-corrected chi connectivity index (χ2v) is 6.00. The van der Waals surface area contributed by atoms with Gasteiger partial charge in [0.15, 0.2) is 0 Å². The third-order valence-electron chi connectivity index (χ3n) is 3.97. The molecular weight excluding hydrogens is 296 g/mol. The molecule has 2 atom stereocenters. The Hall–Kier alpha value is -1.92. The second-order valence-electron chi connectivity index (χ2n) is 6.00. The summed E-state index contributed by atoms with van der Waals surface area (Å²) in [4.78, 5) is 23.5. The lowest BCUT2D eigenvalue weighted by atomic mass is 10.1. The van der Waals surface area contributed by atoms with Gasteiger partial charge in [-0.25, -0.2) is 0 Å². The van der Waals surface area contributed by atoms with Gasteiger partial charge >= 0.3 is 5.97 Å². The van der Waals surface area contributed by atoms with Crippen LogP contribution >= 0.6 is 0 Å². The Balaban J connectivity index is 1.89. The lowest BCUT2D eigenvalue weighted by Gasteiger charge is -2.17. The number of nitrogens with one attached hydrogen (secondary N) is 2. The monoisotopic (exact) mass is 320 g/mol. The van der Waals surface area contributed by atoms with E-state index in [-0.39, 0.29) is 18.4 Å². The highest BCUT2D eigenvalue weighted by Crippen LogP contribution is 2.17. The molecular formula is C17H24N2O4. The molecule has 0 aliphatic carbocycles. The molecule has 1 aliphatic rings. The van der Waals surface area contributed by atoms with Crippen LogP contribution in [0.4, 0.5) is 5.69 Å². The Kier molecular flexibility index (Phi) is 6.12. The average molecular weight is 320 g/mol. The predicted molar refractivity (Wildman–Crippen MR) is 87.6 cm³/mol. The van der Waals surface area contributed by atoms with Crippen molar-refractivity contribution in [2.75, 3.05) is 18.5 Å². The summed E-state index contributed by atoms with van der Waals surface area (Å²) < 4.78 is 5.46. The zero-order valence-electron chi connectivity index (χ0n) is 13.6. The minimum absolute atomic E-state index is 0.0407. The zero-order valence-corrected chi connectivity index (χ0v) is 13.6. The molecule has 1 amide bonds. The fourth-order valence-corrected chi connectivity index (χ4v) is 2.58. The molecule has 0 saturated carbocycles. The molecule has 23 heavy (non-hydrogen) atoms. The standard InChI is InChI=1S/C17H24N2O4/c1-11-5-6-12(2)14(8-11)19-16(20)9-15(17(21)22)18-10-13-4-3-7-23-13/h5-6,8,13,15,18H,3-4,7,9-10H2,1-2H3,(H,19,20)(H,21,22)/t13-,15+/m0/s1. The number of aliphatic carboxylic acids is 1. The van der Waals surface area contributed by atoms with E-state index < -0.39 is 12.0 Å². The van der Waals surface area contributed by atoms with E-state index in [2.05, 4.69) is 10.6 Å². The van der Waals surface area contributed by atoms with Crippen molar-refractivity contribution < 1.29 is 19.4 Å². The van der Waals surface area contributed by atoms with Crippen LogP contribution in [0.2, 0.25) is 0 Å². The number of carbonyl (C=O) groups excluding carboxylic acids is 1. The zero-order chi connectivity index (χ0) is 16.8. The third-order valence-corrected chi connectivity index (χ3v) is 3.97. The molecule has 1 aromatic carbocycles. The Morgan fingerprint density at radius 3 is 2.83 bits per heavy atom. The quantitative estimate of drug-likeness (QED) is 0.714. The smallest absolute Gasteiger partial charge is 0.321 e.